The fourth-order valence-electron chi connectivity index (χ4n) is 6.46. The van der Waals surface area contributed by atoms with Crippen LogP contribution in [-0.2, 0) is 4.79 Å². The van der Waals surface area contributed by atoms with E-state index >= 15 is 4.39 Å². The van der Waals surface area contributed by atoms with Crippen LogP contribution in [0.3, 0.4) is 0 Å². The maximum atomic E-state index is 15.7. The number of rotatable bonds is 3. The number of nitriles is 1. The number of aromatic nitrogens is 4. The SMILES string of the molecule is C=CC(=O)N1[C@H](C)CN(c2c(C#N)c(=O)n3c4nc(c(Cl)cc24)c2c(F)c(F)c(F)c(Cl)c2[nH]c2ccnc(C(C)C)c23)C[C@@H]1C. The quantitative estimate of drug-likeness (QED) is 0.129. The lowest BCUT2D eigenvalue weighted by molar-refractivity contribution is -0.130. The maximum absolute atomic E-state index is 15.7. The van der Waals surface area contributed by atoms with Gasteiger partial charge in [0, 0.05) is 36.8 Å². The van der Waals surface area contributed by atoms with Crippen molar-refractivity contribution in [2.24, 2.45) is 0 Å². The first-order valence-corrected chi connectivity index (χ1v) is 15.1. The molecular formula is C32H26Cl2F3N7O2. The molecular weight excluding hydrogens is 642 g/mol. The highest BCUT2D eigenvalue weighted by molar-refractivity contribution is 6.38. The first kappa shape index (κ1) is 31.4. The highest BCUT2D eigenvalue weighted by Crippen LogP contribution is 2.39. The van der Waals surface area contributed by atoms with Crippen LogP contribution in [0.5, 0.6) is 0 Å². The van der Waals surface area contributed by atoms with Gasteiger partial charge in [0.15, 0.2) is 23.1 Å². The Labute approximate surface area is 270 Å². The van der Waals surface area contributed by atoms with Crippen LogP contribution in [0.15, 0.2) is 35.8 Å². The number of anilines is 1. The topological polar surface area (TPSA) is 110 Å². The van der Waals surface area contributed by atoms with Crippen LogP contribution in [0.1, 0.15) is 44.9 Å². The smallest absolute Gasteiger partial charge is 0.276 e. The van der Waals surface area contributed by atoms with Crippen LogP contribution in [0.4, 0.5) is 18.9 Å². The zero-order chi connectivity index (χ0) is 33.4. The Kier molecular flexibility index (Phi) is 7.73. The fraction of sp³-hybridized carbons (Fsp3) is 0.281. The summed E-state index contributed by atoms with van der Waals surface area (Å²) in [4.78, 5) is 42.7. The molecule has 236 valence electrons. The van der Waals surface area contributed by atoms with Gasteiger partial charge in [0.1, 0.15) is 16.7 Å². The molecule has 1 amide bonds. The number of fused-ring (bicyclic) bond motifs is 5. The van der Waals surface area contributed by atoms with E-state index in [1.807, 2.05) is 32.6 Å². The summed E-state index contributed by atoms with van der Waals surface area (Å²) >= 11 is 13.0. The number of carbonyl (C=O) groups is 1. The largest absolute Gasteiger partial charge is 0.366 e. The van der Waals surface area contributed by atoms with E-state index in [1.54, 1.807) is 4.90 Å². The van der Waals surface area contributed by atoms with Gasteiger partial charge in [0.05, 0.1) is 43.9 Å². The molecule has 0 aliphatic carbocycles. The van der Waals surface area contributed by atoms with Gasteiger partial charge < -0.3 is 14.8 Å². The van der Waals surface area contributed by atoms with Crippen LogP contribution >= 0.6 is 23.2 Å². The van der Waals surface area contributed by atoms with Crippen LogP contribution in [0, 0.1) is 28.8 Å². The summed E-state index contributed by atoms with van der Waals surface area (Å²) in [5.74, 6) is -5.58. The molecule has 6 rings (SSSR count). The molecule has 46 heavy (non-hydrogen) atoms. The molecule has 1 aliphatic rings. The van der Waals surface area contributed by atoms with E-state index in [9.17, 15) is 23.6 Å². The average molecular weight is 669 g/mol. The molecule has 9 nitrogen and oxygen atoms in total. The Morgan fingerprint density at radius 1 is 1.17 bits per heavy atom. The molecule has 1 N–H and O–H groups in total. The number of hydrogen-bond acceptors (Lipinski definition) is 6. The highest BCUT2D eigenvalue weighted by atomic mass is 35.5. The molecule has 1 fully saturated rings. The molecule has 1 saturated heterocycles. The summed E-state index contributed by atoms with van der Waals surface area (Å²) in [5.41, 5.74) is -0.780. The third-order valence-corrected chi connectivity index (χ3v) is 8.98. The molecule has 2 atom stereocenters. The van der Waals surface area contributed by atoms with Gasteiger partial charge in [-0.3, -0.25) is 19.0 Å². The van der Waals surface area contributed by atoms with Gasteiger partial charge in [-0.25, -0.2) is 18.2 Å². The van der Waals surface area contributed by atoms with Crippen molar-refractivity contribution in [1.82, 2.24) is 24.3 Å². The van der Waals surface area contributed by atoms with Crippen molar-refractivity contribution in [2.75, 3.05) is 18.0 Å². The Bertz CT molecular complexity index is 2280. The van der Waals surface area contributed by atoms with E-state index < -0.39 is 33.4 Å². The number of nitrogens with one attached hydrogen (secondary N) is 1. The predicted octanol–water partition coefficient (Wildman–Crippen LogP) is 6.77. The minimum Gasteiger partial charge on any atom is -0.366 e. The van der Waals surface area contributed by atoms with Gasteiger partial charge in [0.25, 0.3) is 5.56 Å². The van der Waals surface area contributed by atoms with E-state index in [4.69, 9.17) is 23.2 Å². The molecule has 0 unspecified atom stereocenters. The fourth-order valence-corrected chi connectivity index (χ4v) is 6.93. The first-order valence-electron chi connectivity index (χ1n) is 14.3. The van der Waals surface area contributed by atoms with Crippen molar-refractivity contribution in [3.05, 3.63) is 80.1 Å². The first-order chi connectivity index (χ1) is 21.8. The zero-order valence-electron chi connectivity index (χ0n) is 25.1. The zero-order valence-corrected chi connectivity index (χ0v) is 26.6. The third-order valence-electron chi connectivity index (χ3n) is 8.34. The average Bonchev–Trinajstić information content (AvgIpc) is 3.07. The van der Waals surface area contributed by atoms with Crippen molar-refractivity contribution in [3.8, 4) is 6.07 Å². The van der Waals surface area contributed by atoms with E-state index in [1.165, 1.54) is 28.8 Å². The van der Waals surface area contributed by atoms with E-state index in [0.29, 0.717) is 5.69 Å². The summed E-state index contributed by atoms with van der Waals surface area (Å²) < 4.78 is 46.6. The van der Waals surface area contributed by atoms with Crippen LogP contribution in [0.2, 0.25) is 10.0 Å². The van der Waals surface area contributed by atoms with Crippen molar-refractivity contribution in [1.29, 1.82) is 5.26 Å². The molecule has 1 aromatic carbocycles. The third kappa shape index (κ3) is 4.52. The molecule has 14 heteroatoms. The Morgan fingerprint density at radius 2 is 1.85 bits per heavy atom. The second-order valence-electron chi connectivity index (χ2n) is 11.6. The van der Waals surface area contributed by atoms with Crippen molar-refractivity contribution >= 4 is 73.3 Å². The number of pyridine rings is 3. The predicted molar refractivity (Wildman–Crippen MR) is 172 cm³/mol. The van der Waals surface area contributed by atoms with Gasteiger partial charge in [-0.1, -0.05) is 43.6 Å². The van der Waals surface area contributed by atoms with Crippen LogP contribution in [0.25, 0.3) is 38.5 Å². The van der Waals surface area contributed by atoms with Gasteiger partial charge in [-0.2, -0.15) is 5.26 Å². The number of nitrogens with zero attached hydrogens (tertiary/aromatic N) is 6. The van der Waals surface area contributed by atoms with Gasteiger partial charge in [-0.15, -0.1) is 0 Å². The van der Waals surface area contributed by atoms with Crippen LogP contribution in [-0.4, -0.2) is 55.3 Å². The highest BCUT2D eigenvalue weighted by Gasteiger charge is 2.35. The molecule has 0 saturated carbocycles. The Balaban J connectivity index is 1.89. The van der Waals surface area contributed by atoms with Crippen LogP contribution < -0.4 is 10.5 Å². The number of hydrogen-bond donors (Lipinski definition) is 1. The molecule has 5 heterocycles. The number of aromatic amines is 1. The number of carbonyl (C=O) groups excluding carboxylic acids is 1. The van der Waals surface area contributed by atoms with Gasteiger partial charge >= 0.3 is 0 Å². The summed E-state index contributed by atoms with van der Waals surface area (Å²) in [6, 6.07) is 4.26. The van der Waals surface area contributed by atoms with E-state index in [2.05, 4.69) is 27.6 Å². The number of halogens is 5. The van der Waals surface area contributed by atoms with Crippen molar-refractivity contribution < 1.29 is 18.0 Å². The maximum Gasteiger partial charge on any atom is 0.276 e. The molecule has 5 aromatic rings. The summed E-state index contributed by atoms with van der Waals surface area (Å²) in [5, 5.41) is 9.26. The lowest BCUT2D eigenvalue weighted by Gasteiger charge is -2.45. The number of piperazine rings is 1. The monoisotopic (exact) mass is 667 g/mol. The number of amides is 1. The minimum atomic E-state index is -1.83. The molecule has 0 spiro atoms. The normalized spacial score (nSPS) is 17.0. The van der Waals surface area contributed by atoms with E-state index in [-0.39, 0.29) is 86.4 Å². The molecule has 2 bridgehead atoms. The van der Waals surface area contributed by atoms with E-state index in [0.717, 1.165) is 0 Å². The number of benzene rings is 1. The molecule has 1 aliphatic heterocycles. The van der Waals surface area contributed by atoms with Gasteiger partial charge in [0.2, 0.25) is 5.91 Å². The minimum absolute atomic E-state index is 0.0330. The molecule has 0 radical (unpaired) electrons. The number of H-pyrrole nitrogens is 1. The standard InChI is InChI=1S/C32H26Cl2F3N7O2/c1-6-20(45)43-14(4)11-42(12-15(43)5)29-16-9-18(33)27-21-23(35)25(37)24(36)22(34)28(21)40-19-7-8-39-26(13(2)3)30(19)44(31(16)41-27)32(46)17(29)10-38/h6-9,13-15,40H,1,11-12H2,2-5H3/t14-,15+. The Hall–Kier alpha value is -4.60. The second-order valence-corrected chi connectivity index (χ2v) is 12.4. The van der Waals surface area contributed by atoms with Crippen molar-refractivity contribution in [3.63, 3.8) is 0 Å². The lowest BCUT2D eigenvalue weighted by Crippen LogP contribution is -2.58. The summed E-state index contributed by atoms with van der Waals surface area (Å²) in [6.07, 6.45) is 2.67. The molecule has 4 aromatic heterocycles. The van der Waals surface area contributed by atoms with Gasteiger partial charge in [-0.05, 0) is 38.0 Å². The summed E-state index contributed by atoms with van der Waals surface area (Å²) in [6.45, 7) is 11.4. The summed E-state index contributed by atoms with van der Waals surface area (Å²) in [7, 11) is 0. The van der Waals surface area contributed by atoms with Crippen molar-refractivity contribution in [2.45, 2.75) is 45.7 Å². The Morgan fingerprint density at radius 3 is 2.46 bits per heavy atom. The second kappa shape index (κ2) is 11.3. The lowest BCUT2D eigenvalue weighted by atomic mass is 10.0.